The van der Waals surface area contributed by atoms with Gasteiger partial charge in [-0.05, 0) is 104 Å². The van der Waals surface area contributed by atoms with Gasteiger partial charge in [-0.15, -0.1) is 0 Å². The van der Waals surface area contributed by atoms with Crippen molar-refractivity contribution >= 4 is 109 Å². The average Bonchev–Trinajstić information content (AvgIpc) is 4.07. The summed E-state index contributed by atoms with van der Waals surface area (Å²) in [6, 6.07) is 72.8. The molecular weight excluding hydrogens is 821 g/mol. The quantitative estimate of drug-likeness (QED) is 0.176. The number of fused-ring (bicyclic) bond motifs is 15. The summed E-state index contributed by atoms with van der Waals surface area (Å²) >= 11 is 0. The molecule has 15 rings (SSSR count). The standard InChI is InChI=1S/C61H34N4O2/c1-2-14-39-32-51-49(31-38(39)13-1)56-43-17-6-4-12-36(43)25-29-50(56)65(51)41-27-23-37-26-30-54-58(48(37)34-41)46-28-24-40(33-55(46)67-54)59-62-60(44-19-9-15-35-11-3-5-16-42(35)44)64-61(63-59)47-20-10-22-53-57(47)45-18-7-8-21-52(45)66-53/h1-34H. The van der Waals surface area contributed by atoms with Crippen LogP contribution in [0.3, 0.4) is 0 Å². The largest absolute Gasteiger partial charge is 0.456 e. The summed E-state index contributed by atoms with van der Waals surface area (Å²) < 4.78 is 15.5. The molecule has 15 aromatic rings. The second kappa shape index (κ2) is 13.7. The van der Waals surface area contributed by atoms with Crippen LogP contribution in [0, 0.1) is 0 Å². The molecule has 0 N–H and O–H groups in total. The fraction of sp³-hybridized carbons (Fsp3) is 0. The predicted octanol–water partition coefficient (Wildman–Crippen LogP) is 16.4. The maximum atomic E-state index is 6.78. The number of aromatic nitrogens is 4. The molecule has 11 aromatic carbocycles. The Hall–Kier alpha value is -9.13. The van der Waals surface area contributed by atoms with Gasteiger partial charge in [-0.3, -0.25) is 0 Å². The number of rotatable bonds is 4. The average molecular weight is 855 g/mol. The van der Waals surface area contributed by atoms with Crippen LogP contribution in [0.4, 0.5) is 0 Å². The van der Waals surface area contributed by atoms with Crippen molar-refractivity contribution in [1.29, 1.82) is 0 Å². The minimum Gasteiger partial charge on any atom is -0.456 e. The van der Waals surface area contributed by atoms with Crippen molar-refractivity contribution in [3.63, 3.8) is 0 Å². The molecule has 6 nitrogen and oxygen atoms in total. The number of benzene rings is 11. The van der Waals surface area contributed by atoms with E-state index in [9.17, 15) is 0 Å². The molecule has 0 aliphatic heterocycles. The van der Waals surface area contributed by atoms with Gasteiger partial charge in [0.15, 0.2) is 17.5 Å². The second-order valence-corrected chi connectivity index (χ2v) is 17.5. The fourth-order valence-electron chi connectivity index (χ4n) is 10.7. The molecule has 6 heteroatoms. The number of hydrogen-bond acceptors (Lipinski definition) is 5. The molecular formula is C61H34N4O2. The maximum Gasteiger partial charge on any atom is 0.164 e. The summed E-state index contributed by atoms with van der Waals surface area (Å²) in [6.07, 6.45) is 0. The van der Waals surface area contributed by atoms with Crippen LogP contribution in [0.2, 0.25) is 0 Å². The molecule has 0 spiro atoms. The third-order valence-electron chi connectivity index (χ3n) is 13.8. The molecule has 4 heterocycles. The van der Waals surface area contributed by atoms with E-state index < -0.39 is 0 Å². The SMILES string of the molecule is c1ccc2cc3c(cc2c1)c1c2ccccc2ccc1n3-c1ccc2ccc3oc4cc(-c5nc(-c6cccc7ccccc67)nc(-c6cccc7oc8ccccc8c67)n5)ccc4c3c2c1. The van der Waals surface area contributed by atoms with Crippen molar-refractivity contribution in [1.82, 2.24) is 19.5 Å². The molecule has 0 aliphatic carbocycles. The van der Waals surface area contributed by atoms with E-state index in [4.69, 9.17) is 23.8 Å². The Bertz CT molecular complexity index is 4590. The van der Waals surface area contributed by atoms with Crippen LogP contribution in [0.15, 0.2) is 215 Å². The topological polar surface area (TPSA) is 69.9 Å². The Kier molecular flexibility index (Phi) is 7.40. The zero-order chi connectivity index (χ0) is 43.7. The molecule has 310 valence electrons. The first-order valence-corrected chi connectivity index (χ1v) is 22.6. The second-order valence-electron chi connectivity index (χ2n) is 17.5. The maximum absolute atomic E-state index is 6.78. The molecule has 0 aliphatic rings. The van der Waals surface area contributed by atoms with Crippen LogP contribution in [0.1, 0.15) is 0 Å². The molecule has 0 saturated carbocycles. The number of para-hydroxylation sites is 1. The molecule has 0 saturated heterocycles. The van der Waals surface area contributed by atoms with Gasteiger partial charge in [0.2, 0.25) is 0 Å². The van der Waals surface area contributed by atoms with Gasteiger partial charge >= 0.3 is 0 Å². The van der Waals surface area contributed by atoms with E-state index in [1.807, 2.05) is 30.3 Å². The van der Waals surface area contributed by atoms with Gasteiger partial charge < -0.3 is 13.4 Å². The zero-order valence-electron chi connectivity index (χ0n) is 35.7. The van der Waals surface area contributed by atoms with E-state index in [0.29, 0.717) is 17.5 Å². The van der Waals surface area contributed by atoms with Crippen LogP contribution >= 0.6 is 0 Å². The van der Waals surface area contributed by atoms with Crippen LogP contribution in [-0.4, -0.2) is 19.5 Å². The first-order valence-electron chi connectivity index (χ1n) is 22.6. The van der Waals surface area contributed by atoms with E-state index in [1.54, 1.807) is 0 Å². The van der Waals surface area contributed by atoms with Gasteiger partial charge in [-0.1, -0.05) is 146 Å². The number of nitrogens with zero attached hydrogens (tertiary/aromatic N) is 4. The van der Waals surface area contributed by atoms with E-state index in [0.717, 1.165) is 87.8 Å². The van der Waals surface area contributed by atoms with E-state index in [2.05, 4.69) is 180 Å². The molecule has 0 unspecified atom stereocenters. The minimum absolute atomic E-state index is 0.554. The van der Waals surface area contributed by atoms with Crippen LogP contribution < -0.4 is 0 Å². The van der Waals surface area contributed by atoms with Crippen molar-refractivity contribution in [2.45, 2.75) is 0 Å². The Morgan fingerprint density at radius 3 is 1.78 bits per heavy atom. The highest BCUT2D eigenvalue weighted by atomic mass is 16.3. The van der Waals surface area contributed by atoms with Crippen LogP contribution in [-0.2, 0) is 0 Å². The Morgan fingerprint density at radius 1 is 0.299 bits per heavy atom. The van der Waals surface area contributed by atoms with Gasteiger partial charge in [-0.25, -0.2) is 15.0 Å². The summed E-state index contributed by atoms with van der Waals surface area (Å²) in [5, 5.41) is 16.0. The molecule has 0 bridgehead atoms. The first kappa shape index (κ1) is 36.2. The molecule has 0 amide bonds. The molecule has 0 atom stereocenters. The highest BCUT2D eigenvalue weighted by Gasteiger charge is 2.21. The van der Waals surface area contributed by atoms with Gasteiger partial charge in [0, 0.05) is 54.7 Å². The van der Waals surface area contributed by atoms with Gasteiger partial charge in [0.05, 0.1) is 11.0 Å². The fourth-order valence-corrected chi connectivity index (χ4v) is 10.7. The van der Waals surface area contributed by atoms with E-state index in [1.165, 1.54) is 43.4 Å². The van der Waals surface area contributed by atoms with Gasteiger partial charge in [0.25, 0.3) is 0 Å². The van der Waals surface area contributed by atoms with Crippen molar-refractivity contribution < 1.29 is 8.83 Å². The highest BCUT2D eigenvalue weighted by molar-refractivity contribution is 6.24. The third kappa shape index (κ3) is 5.35. The van der Waals surface area contributed by atoms with Crippen molar-refractivity contribution in [3.8, 4) is 39.9 Å². The summed E-state index contributed by atoms with van der Waals surface area (Å²) in [5.74, 6) is 1.72. The highest BCUT2D eigenvalue weighted by Crippen LogP contribution is 2.43. The first-order chi connectivity index (χ1) is 33.2. The lowest BCUT2D eigenvalue weighted by atomic mass is 10.0. The Balaban J connectivity index is 0.937. The monoisotopic (exact) mass is 854 g/mol. The van der Waals surface area contributed by atoms with Crippen LogP contribution in [0.25, 0.3) is 149 Å². The smallest absolute Gasteiger partial charge is 0.164 e. The molecule has 0 radical (unpaired) electrons. The zero-order valence-corrected chi connectivity index (χ0v) is 35.7. The Morgan fingerprint density at radius 2 is 0.896 bits per heavy atom. The van der Waals surface area contributed by atoms with Gasteiger partial charge in [-0.2, -0.15) is 0 Å². The lowest BCUT2D eigenvalue weighted by molar-refractivity contribution is 0.669. The Labute approximate surface area is 381 Å². The van der Waals surface area contributed by atoms with E-state index in [-0.39, 0.29) is 0 Å². The summed E-state index contributed by atoms with van der Waals surface area (Å²) in [7, 11) is 0. The normalized spacial score (nSPS) is 12.2. The summed E-state index contributed by atoms with van der Waals surface area (Å²) in [6.45, 7) is 0. The summed E-state index contributed by atoms with van der Waals surface area (Å²) in [4.78, 5) is 15.7. The van der Waals surface area contributed by atoms with E-state index >= 15 is 0 Å². The molecule has 0 fully saturated rings. The van der Waals surface area contributed by atoms with Crippen molar-refractivity contribution in [2.75, 3.05) is 0 Å². The molecule has 67 heavy (non-hydrogen) atoms. The number of furan rings is 2. The summed E-state index contributed by atoms with van der Waals surface area (Å²) in [5.41, 5.74) is 9.27. The third-order valence-corrected chi connectivity index (χ3v) is 13.8. The predicted molar refractivity (Wildman–Crippen MR) is 275 cm³/mol. The minimum atomic E-state index is 0.554. The lowest BCUT2D eigenvalue weighted by Crippen LogP contribution is -2.00. The number of hydrogen-bond donors (Lipinski definition) is 0. The van der Waals surface area contributed by atoms with Crippen molar-refractivity contribution in [2.24, 2.45) is 0 Å². The van der Waals surface area contributed by atoms with Gasteiger partial charge in [0.1, 0.15) is 22.3 Å². The lowest BCUT2D eigenvalue weighted by Gasteiger charge is -2.11. The molecule has 4 aromatic heterocycles. The van der Waals surface area contributed by atoms with Crippen molar-refractivity contribution in [3.05, 3.63) is 206 Å². The van der Waals surface area contributed by atoms with Crippen LogP contribution in [0.5, 0.6) is 0 Å².